The van der Waals surface area contributed by atoms with E-state index in [0.29, 0.717) is 10.7 Å². The van der Waals surface area contributed by atoms with E-state index in [1.54, 1.807) is 29.6 Å². The molecular formula is C17H19N3O5S. The summed E-state index contributed by atoms with van der Waals surface area (Å²) >= 11 is 1.14. The van der Waals surface area contributed by atoms with Crippen molar-refractivity contribution in [3.05, 3.63) is 46.8 Å². The van der Waals surface area contributed by atoms with E-state index >= 15 is 0 Å². The number of benzene rings is 1. The predicted octanol–water partition coefficient (Wildman–Crippen LogP) is 1.44. The summed E-state index contributed by atoms with van der Waals surface area (Å²) in [6.07, 6.45) is -1.09. The first kappa shape index (κ1) is 19.4. The lowest BCUT2D eigenvalue weighted by molar-refractivity contribution is -0.123. The molecule has 0 saturated carbocycles. The van der Waals surface area contributed by atoms with Crippen molar-refractivity contribution in [2.24, 2.45) is 5.73 Å². The van der Waals surface area contributed by atoms with Crippen LogP contribution in [0.15, 0.2) is 35.7 Å². The quantitative estimate of drug-likeness (QED) is 0.515. The third-order valence-electron chi connectivity index (χ3n) is 3.39. The summed E-state index contributed by atoms with van der Waals surface area (Å²) in [7, 11) is 0. The SMILES string of the molecule is CC(OC(=O)c1ccccc1NCCO)C(=O)Nc1sccc1C(N)=O. The number of esters is 1. The minimum Gasteiger partial charge on any atom is -0.449 e. The fourth-order valence-corrected chi connectivity index (χ4v) is 2.89. The summed E-state index contributed by atoms with van der Waals surface area (Å²) in [5.74, 6) is -1.92. The second-order valence-corrected chi connectivity index (χ2v) is 6.18. The number of ether oxygens (including phenoxy) is 1. The molecule has 2 rings (SSSR count). The number of para-hydroxylation sites is 1. The number of amides is 2. The van der Waals surface area contributed by atoms with Crippen LogP contribution in [0.1, 0.15) is 27.6 Å². The van der Waals surface area contributed by atoms with Crippen molar-refractivity contribution in [2.75, 3.05) is 23.8 Å². The summed E-state index contributed by atoms with van der Waals surface area (Å²) in [4.78, 5) is 35.9. The fraction of sp³-hybridized carbons (Fsp3) is 0.235. The molecule has 0 fully saturated rings. The van der Waals surface area contributed by atoms with Crippen molar-refractivity contribution < 1.29 is 24.2 Å². The molecule has 138 valence electrons. The van der Waals surface area contributed by atoms with Gasteiger partial charge >= 0.3 is 5.97 Å². The Morgan fingerprint density at radius 1 is 1.23 bits per heavy atom. The van der Waals surface area contributed by atoms with Gasteiger partial charge in [-0.2, -0.15) is 0 Å². The van der Waals surface area contributed by atoms with Gasteiger partial charge in [0.2, 0.25) is 0 Å². The molecule has 0 bridgehead atoms. The third kappa shape index (κ3) is 4.80. The summed E-state index contributed by atoms with van der Waals surface area (Å²) in [5, 5.41) is 16.2. The van der Waals surface area contributed by atoms with Crippen molar-refractivity contribution in [1.29, 1.82) is 0 Å². The number of carbonyl (C=O) groups is 3. The zero-order valence-corrected chi connectivity index (χ0v) is 14.8. The number of rotatable bonds is 8. The highest BCUT2D eigenvalue weighted by Gasteiger charge is 2.22. The molecule has 1 aromatic heterocycles. The van der Waals surface area contributed by atoms with E-state index in [-0.39, 0.29) is 24.3 Å². The minimum absolute atomic E-state index is 0.0921. The second-order valence-electron chi connectivity index (χ2n) is 5.26. The number of thiophene rings is 1. The van der Waals surface area contributed by atoms with E-state index in [2.05, 4.69) is 10.6 Å². The number of anilines is 2. The van der Waals surface area contributed by atoms with Gasteiger partial charge in [0.05, 0.1) is 17.7 Å². The monoisotopic (exact) mass is 377 g/mol. The highest BCUT2D eigenvalue weighted by molar-refractivity contribution is 7.14. The van der Waals surface area contributed by atoms with Gasteiger partial charge in [-0.05, 0) is 30.5 Å². The van der Waals surface area contributed by atoms with Crippen LogP contribution in [-0.2, 0) is 9.53 Å². The van der Waals surface area contributed by atoms with Gasteiger partial charge in [0.25, 0.3) is 11.8 Å². The molecule has 0 aliphatic rings. The van der Waals surface area contributed by atoms with E-state index in [0.717, 1.165) is 11.3 Å². The molecule has 9 heteroatoms. The van der Waals surface area contributed by atoms with Crippen molar-refractivity contribution in [2.45, 2.75) is 13.0 Å². The molecular weight excluding hydrogens is 358 g/mol. The van der Waals surface area contributed by atoms with E-state index in [4.69, 9.17) is 15.6 Å². The Morgan fingerprint density at radius 2 is 1.96 bits per heavy atom. The number of nitrogens with two attached hydrogens (primary N) is 1. The first-order valence-corrected chi connectivity index (χ1v) is 8.65. The largest absolute Gasteiger partial charge is 0.449 e. The summed E-state index contributed by atoms with van der Waals surface area (Å²) < 4.78 is 5.20. The molecule has 2 aromatic rings. The summed E-state index contributed by atoms with van der Waals surface area (Å²) in [5.41, 5.74) is 6.16. The van der Waals surface area contributed by atoms with Crippen molar-refractivity contribution in [3.8, 4) is 0 Å². The Bertz CT molecular complexity index is 805. The van der Waals surface area contributed by atoms with Crippen LogP contribution in [-0.4, -0.2) is 42.1 Å². The number of primary amides is 1. The van der Waals surface area contributed by atoms with Crippen LogP contribution in [0.2, 0.25) is 0 Å². The van der Waals surface area contributed by atoms with Crippen molar-refractivity contribution >= 4 is 39.8 Å². The van der Waals surface area contributed by atoms with Crippen LogP contribution in [0, 0.1) is 0 Å². The number of nitrogens with one attached hydrogen (secondary N) is 2. The fourth-order valence-electron chi connectivity index (χ4n) is 2.10. The molecule has 0 spiro atoms. The van der Waals surface area contributed by atoms with E-state index < -0.39 is 23.9 Å². The molecule has 2 amide bonds. The van der Waals surface area contributed by atoms with E-state index in [1.807, 2.05) is 0 Å². The number of hydrogen-bond donors (Lipinski definition) is 4. The number of aliphatic hydroxyl groups excluding tert-OH is 1. The summed E-state index contributed by atoms with van der Waals surface area (Å²) in [6.45, 7) is 1.61. The Labute approximate surface area is 154 Å². The molecule has 1 heterocycles. The molecule has 0 radical (unpaired) electrons. The highest BCUT2D eigenvalue weighted by atomic mass is 32.1. The number of hydrogen-bond acceptors (Lipinski definition) is 7. The average Bonchev–Trinajstić information content (AvgIpc) is 3.08. The van der Waals surface area contributed by atoms with Gasteiger partial charge in [-0.25, -0.2) is 4.79 Å². The smallest absolute Gasteiger partial charge is 0.341 e. The first-order valence-electron chi connectivity index (χ1n) is 7.77. The Morgan fingerprint density at radius 3 is 2.65 bits per heavy atom. The van der Waals surface area contributed by atoms with Crippen LogP contribution >= 0.6 is 11.3 Å². The maximum Gasteiger partial charge on any atom is 0.341 e. The Hall–Kier alpha value is -2.91. The Kier molecular flexibility index (Phi) is 6.70. The lowest BCUT2D eigenvalue weighted by Gasteiger charge is -2.15. The highest BCUT2D eigenvalue weighted by Crippen LogP contribution is 2.23. The van der Waals surface area contributed by atoms with E-state index in [9.17, 15) is 14.4 Å². The molecule has 1 unspecified atom stereocenters. The van der Waals surface area contributed by atoms with Crippen LogP contribution in [0.4, 0.5) is 10.7 Å². The standard InChI is InChI=1S/C17H19N3O5S/c1-10(15(23)20-16-12(14(18)22)6-9-26-16)25-17(24)11-4-2-3-5-13(11)19-7-8-21/h2-6,9-10,19,21H,7-8H2,1H3,(H2,18,22)(H,20,23). The van der Waals surface area contributed by atoms with Gasteiger partial charge in [0.1, 0.15) is 5.00 Å². The van der Waals surface area contributed by atoms with Crippen LogP contribution < -0.4 is 16.4 Å². The van der Waals surface area contributed by atoms with Gasteiger partial charge < -0.3 is 26.2 Å². The molecule has 0 saturated heterocycles. The number of aliphatic hydroxyl groups is 1. The molecule has 0 aliphatic heterocycles. The third-order valence-corrected chi connectivity index (χ3v) is 4.22. The van der Waals surface area contributed by atoms with Gasteiger partial charge in [-0.15, -0.1) is 11.3 Å². The minimum atomic E-state index is -1.09. The van der Waals surface area contributed by atoms with Crippen molar-refractivity contribution in [1.82, 2.24) is 0 Å². The molecule has 26 heavy (non-hydrogen) atoms. The van der Waals surface area contributed by atoms with Gasteiger partial charge in [0, 0.05) is 12.2 Å². The van der Waals surface area contributed by atoms with E-state index in [1.165, 1.54) is 13.0 Å². The van der Waals surface area contributed by atoms with Gasteiger partial charge in [-0.3, -0.25) is 9.59 Å². The molecule has 0 aliphatic carbocycles. The maximum atomic E-state index is 12.3. The van der Waals surface area contributed by atoms with Crippen LogP contribution in [0.3, 0.4) is 0 Å². The molecule has 1 atom stereocenters. The zero-order chi connectivity index (χ0) is 19.1. The van der Waals surface area contributed by atoms with Gasteiger partial charge in [0.15, 0.2) is 6.10 Å². The normalized spacial score (nSPS) is 11.5. The predicted molar refractivity (Wildman–Crippen MR) is 98.4 cm³/mol. The molecule has 5 N–H and O–H groups in total. The molecule has 8 nitrogen and oxygen atoms in total. The van der Waals surface area contributed by atoms with Crippen LogP contribution in [0.25, 0.3) is 0 Å². The zero-order valence-electron chi connectivity index (χ0n) is 14.0. The topological polar surface area (TPSA) is 131 Å². The van der Waals surface area contributed by atoms with Crippen LogP contribution in [0.5, 0.6) is 0 Å². The first-order chi connectivity index (χ1) is 12.4. The Balaban J connectivity index is 2.03. The lowest BCUT2D eigenvalue weighted by atomic mass is 10.1. The average molecular weight is 377 g/mol. The second kappa shape index (κ2) is 8.97. The number of carbonyl (C=O) groups excluding carboxylic acids is 3. The summed E-state index contributed by atoms with van der Waals surface area (Å²) in [6, 6.07) is 8.12. The molecule has 1 aromatic carbocycles. The van der Waals surface area contributed by atoms with Crippen molar-refractivity contribution in [3.63, 3.8) is 0 Å². The van der Waals surface area contributed by atoms with Gasteiger partial charge in [-0.1, -0.05) is 12.1 Å². The lowest BCUT2D eigenvalue weighted by Crippen LogP contribution is -2.30. The maximum absolute atomic E-state index is 12.3.